The van der Waals surface area contributed by atoms with Gasteiger partial charge in [0.2, 0.25) is 0 Å². The minimum absolute atomic E-state index is 0.328. The molecule has 2 rings (SSSR count). The van der Waals surface area contributed by atoms with Gasteiger partial charge in [-0.2, -0.15) is 0 Å². The Hall–Kier alpha value is -2.00. The summed E-state index contributed by atoms with van der Waals surface area (Å²) in [7, 11) is 1.66. The molecule has 3 nitrogen and oxygen atoms in total. The lowest BCUT2D eigenvalue weighted by Gasteiger charge is -2.21. The predicted octanol–water partition coefficient (Wildman–Crippen LogP) is 4.13. The van der Waals surface area contributed by atoms with Gasteiger partial charge in [-0.05, 0) is 80.6 Å². The van der Waals surface area contributed by atoms with Crippen molar-refractivity contribution in [2.45, 2.75) is 33.1 Å². The number of ether oxygens (including phenoxy) is 2. The average molecular weight is 313 g/mol. The van der Waals surface area contributed by atoms with Crippen molar-refractivity contribution in [3.05, 3.63) is 58.7 Å². The second kappa shape index (κ2) is 8.02. The summed E-state index contributed by atoms with van der Waals surface area (Å²) in [6, 6.07) is 12.1. The fourth-order valence-corrected chi connectivity index (χ4v) is 3.21. The van der Waals surface area contributed by atoms with Gasteiger partial charge in [-0.1, -0.05) is 17.7 Å². The Labute approximate surface area is 139 Å². The van der Waals surface area contributed by atoms with Gasteiger partial charge in [0, 0.05) is 0 Å². The molecule has 0 spiro atoms. The third kappa shape index (κ3) is 4.49. The van der Waals surface area contributed by atoms with Crippen molar-refractivity contribution < 1.29 is 9.47 Å². The summed E-state index contributed by atoms with van der Waals surface area (Å²) >= 11 is 0. The molecule has 0 fully saturated rings. The number of rotatable bonds is 7. The molecule has 0 aliphatic rings. The van der Waals surface area contributed by atoms with Crippen LogP contribution in [-0.4, -0.2) is 20.3 Å². The maximum Gasteiger partial charge on any atom is 0.119 e. The van der Waals surface area contributed by atoms with E-state index in [1.807, 2.05) is 24.3 Å². The summed E-state index contributed by atoms with van der Waals surface area (Å²) in [5.41, 5.74) is 11.3. The second-order valence-corrected chi connectivity index (χ2v) is 6.06. The molecule has 1 atom stereocenters. The van der Waals surface area contributed by atoms with E-state index in [1.165, 1.54) is 22.3 Å². The number of benzene rings is 2. The zero-order valence-electron chi connectivity index (χ0n) is 14.6. The molecule has 0 aromatic heterocycles. The lowest BCUT2D eigenvalue weighted by atomic mass is 9.87. The van der Waals surface area contributed by atoms with Crippen molar-refractivity contribution >= 4 is 0 Å². The summed E-state index contributed by atoms with van der Waals surface area (Å²) in [4.78, 5) is 0. The molecule has 0 aliphatic heterocycles. The maximum atomic E-state index is 6.03. The molecule has 0 saturated carbocycles. The van der Waals surface area contributed by atoms with E-state index in [1.54, 1.807) is 7.11 Å². The van der Waals surface area contributed by atoms with E-state index >= 15 is 0 Å². The van der Waals surface area contributed by atoms with Crippen molar-refractivity contribution in [2.24, 2.45) is 5.73 Å². The van der Waals surface area contributed by atoms with Crippen LogP contribution < -0.4 is 15.2 Å². The van der Waals surface area contributed by atoms with Gasteiger partial charge in [0.1, 0.15) is 11.5 Å². The number of methoxy groups -OCH3 is 1. The molecule has 0 heterocycles. The molecule has 0 radical (unpaired) electrons. The maximum absolute atomic E-state index is 6.03. The third-order valence-electron chi connectivity index (χ3n) is 4.23. The van der Waals surface area contributed by atoms with Gasteiger partial charge in [0.05, 0.1) is 13.7 Å². The van der Waals surface area contributed by atoms with Crippen LogP contribution in [0.5, 0.6) is 11.5 Å². The van der Waals surface area contributed by atoms with Gasteiger partial charge in [0.25, 0.3) is 0 Å². The zero-order chi connectivity index (χ0) is 16.8. The zero-order valence-corrected chi connectivity index (χ0v) is 14.6. The van der Waals surface area contributed by atoms with Crippen LogP contribution in [0.1, 0.15) is 34.6 Å². The molecule has 2 N–H and O–H groups in total. The summed E-state index contributed by atoms with van der Waals surface area (Å²) in [5, 5.41) is 0. The molecular weight excluding hydrogens is 286 g/mol. The summed E-state index contributed by atoms with van der Waals surface area (Å²) < 4.78 is 11.0. The third-order valence-corrected chi connectivity index (χ3v) is 4.23. The number of nitrogens with two attached hydrogens (primary N) is 1. The van der Waals surface area contributed by atoms with Crippen LogP contribution in [0.25, 0.3) is 0 Å². The highest BCUT2D eigenvalue weighted by atomic mass is 16.5. The summed E-state index contributed by atoms with van der Waals surface area (Å²) in [5.74, 6) is 2.02. The van der Waals surface area contributed by atoms with E-state index in [0.29, 0.717) is 19.1 Å². The predicted molar refractivity (Wildman–Crippen MR) is 95.6 cm³/mol. The lowest BCUT2D eigenvalue weighted by molar-refractivity contribution is 0.297. The van der Waals surface area contributed by atoms with E-state index in [-0.39, 0.29) is 0 Å². The molecule has 0 bridgehead atoms. The van der Waals surface area contributed by atoms with Gasteiger partial charge in [-0.3, -0.25) is 0 Å². The van der Waals surface area contributed by atoms with Crippen LogP contribution in [0, 0.1) is 20.8 Å². The SMILES string of the molecule is COc1ccc(OCCC(CN)c2c(C)cc(C)cc2C)cc1. The van der Waals surface area contributed by atoms with Gasteiger partial charge < -0.3 is 15.2 Å². The molecule has 3 heteroatoms. The van der Waals surface area contributed by atoms with Crippen molar-refractivity contribution in [3.63, 3.8) is 0 Å². The number of hydrogen-bond acceptors (Lipinski definition) is 3. The molecular formula is C20H27NO2. The highest BCUT2D eigenvalue weighted by molar-refractivity contribution is 5.40. The van der Waals surface area contributed by atoms with E-state index in [4.69, 9.17) is 15.2 Å². The Kier molecular flexibility index (Phi) is 6.05. The Morgan fingerprint density at radius 3 is 2.04 bits per heavy atom. The first-order valence-electron chi connectivity index (χ1n) is 8.09. The number of hydrogen-bond donors (Lipinski definition) is 1. The van der Waals surface area contributed by atoms with Crippen LogP contribution in [0.2, 0.25) is 0 Å². The fraction of sp³-hybridized carbons (Fsp3) is 0.400. The van der Waals surface area contributed by atoms with Crippen LogP contribution in [0.4, 0.5) is 0 Å². The van der Waals surface area contributed by atoms with E-state index < -0.39 is 0 Å². The Bertz CT molecular complexity index is 612. The highest BCUT2D eigenvalue weighted by Gasteiger charge is 2.15. The van der Waals surface area contributed by atoms with Gasteiger partial charge >= 0.3 is 0 Å². The standard InChI is InChI=1S/C20H27NO2/c1-14-11-15(2)20(16(3)12-14)17(13-21)9-10-23-19-7-5-18(22-4)6-8-19/h5-8,11-12,17H,9-10,13,21H2,1-4H3. The Morgan fingerprint density at radius 2 is 1.52 bits per heavy atom. The van der Waals surface area contributed by atoms with Crippen LogP contribution in [0.3, 0.4) is 0 Å². The van der Waals surface area contributed by atoms with Crippen molar-refractivity contribution in [1.29, 1.82) is 0 Å². The number of aryl methyl sites for hydroxylation is 3. The van der Waals surface area contributed by atoms with E-state index in [9.17, 15) is 0 Å². The van der Waals surface area contributed by atoms with E-state index in [2.05, 4.69) is 32.9 Å². The minimum atomic E-state index is 0.328. The van der Waals surface area contributed by atoms with Gasteiger partial charge in [-0.25, -0.2) is 0 Å². The Morgan fingerprint density at radius 1 is 0.957 bits per heavy atom. The first-order chi connectivity index (χ1) is 11.0. The van der Waals surface area contributed by atoms with Crippen LogP contribution in [-0.2, 0) is 0 Å². The van der Waals surface area contributed by atoms with Gasteiger partial charge in [0.15, 0.2) is 0 Å². The second-order valence-electron chi connectivity index (χ2n) is 6.06. The molecule has 1 unspecified atom stereocenters. The molecule has 23 heavy (non-hydrogen) atoms. The first-order valence-corrected chi connectivity index (χ1v) is 8.09. The van der Waals surface area contributed by atoms with Crippen LogP contribution in [0.15, 0.2) is 36.4 Å². The van der Waals surface area contributed by atoms with Gasteiger partial charge in [-0.15, -0.1) is 0 Å². The quantitative estimate of drug-likeness (QED) is 0.836. The fourth-order valence-electron chi connectivity index (χ4n) is 3.21. The Balaban J connectivity index is 2.00. The molecule has 2 aromatic carbocycles. The topological polar surface area (TPSA) is 44.5 Å². The van der Waals surface area contributed by atoms with Crippen molar-refractivity contribution in [1.82, 2.24) is 0 Å². The van der Waals surface area contributed by atoms with Crippen molar-refractivity contribution in [2.75, 3.05) is 20.3 Å². The highest BCUT2D eigenvalue weighted by Crippen LogP contribution is 2.27. The summed E-state index contributed by atoms with van der Waals surface area (Å²) in [6.45, 7) is 7.76. The summed E-state index contributed by atoms with van der Waals surface area (Å²) in [6.07, 6.45) is 0.910. The molecule has 0 amide bonds. The normalized spacial score (nSPS) is 12.0. The molecule has 0 saturated heterocycles. The smallest absolute Gasteiger partial charge is 0.119 e. The first kappa shape index (κ1) is 17.4. The largest absolute Gasteiger partial charge is 0.497 e. The van der Waals surface area contributed by atoms with Crippen LogP contribution >= 0.6 is 0 Å². The molecule has 124 valence electrons. The van der Waals surface area contributed by atoms with E-state index in [0.717, 1.165) is 17.9 Å². The molecule has 2 aromatic rings. The minimum Gasteiger partial charge on any atom is -0.497 e. The van der Waals surface area contributed by atoms with Crippen molar-refractivity contribution in [3.8, 4) is 11.5 Å². The lowest BCUT2D eigenvalue weighted by Crippen LogP contribution is -2.18. The monoisotopic (exact) mass is 313 g/mol. The molecule has 0 aliphatic carbocycles. The average Bonchev–Trinajstić information content (AvgIpc) is 2.53.